The molecule has 1 aromatic heterocycles. The van der Waals surface area contributed by atoms with E-state index in [1.807, 2.05) is 44.2 Å². The molecule has 0 fully saturated rings. The molecule has 2 rings (SSSR count). The first-order valence-electron chi connectivity index (χ1n) is 6.89. The Morgan fingerprint density at radius 2 is 1.86 bits per heavy atom. The van der Waals surface area contributed by atoms with Crippen LogP contribution >= 0.6 is 11.3 Å². The van der Waals surface area contributed by atoms with Gasteiger partial charge in [-0.3, -0.25) is 0 Å². The van der Waals surface area contributed by atoms with Crippen LogP contribution in [0, 0.1) is 11.3 Å². The molecule has 0 spiro atoms. The largest absolute Gasteiger partial charge is 0.490 e. The minimum absolute atomic E-state index is 0.597. The van der Waals surface area contributed by atoms with Gasteiger partial charge in [0.1, 0.15) is 10.9 Å². The highest BCUT2D eigenvalue weighted by Crippen LogP contribution is 2.31. The topological polar surface area (TPSA) is 54.3 Å². The molecule has 0 saturated heterocycles. The molecule has 110 valence electrons. The minimum atomic E-state index is 0.597. The molecule has 21 heavy (non-hydrogen) atoms. The molecule has 1 aromatic carbocycles. The van der Waals surface area contributed by atoms with E-state index in [1.54, 1.807) is 0 Å². The summed E-state index contributed by atoms with van der Waals surface area (Å²) >= 11 is 1.50. The Morgan fingerprint density at radius 1 is 1.10 bits per heavy atom. The molecule has 4 nitrogen and oxygen atoms in total. The van der Waals surface area contributed by atoms with Crippen molar-refractivity contribution in [2.24, 2.45) is 0 Å². The summed E-state index contributed by atoms with van der Waals surface area (Å²) in [6.45, 7) is 5.79. The van der Waals surface area contributed by atoms with E-state index in [-0.39, 0.29) is 0 Å². The Hall–Kier alpha value is -2.19. The maximum absolute atomic E-state index is 8.82. The van der Waals surface area contributed by atoms with E-state index in [1.165, 1.54) is 11.3 Å². The van der Waals surface area contributed by atoms with Gasteiger partial charge in [0, 0.05) is 23.2 Å². The van der Waals surface area contributed by atoms with E-state index in [4.69, 9.17) is 14.7 Å². The van der Waals surface area contributed by atoms with Gasteiger partial charge < -0.3 is 14.8 Å². The zero-order valence-corrected chi connectivity index (χ0v) is 13.0. The number of nitrogens with one attached hydrogen (secondary N) is 1. The number of nitrogens with zero attached hydrogens (tertiary/aromatic N) is 1. The highest BCUT2D eigenvalue weighted by atomic mass is 32.1. The number of hydrogen-bond donors (Lipinski definition) is 1. The summed E-state index contributed by atoms with van der Waals surface area (Å²) in [4.78, 5) is 1.85. The summed E-state index contributed by atoms with van der Waals surface area (Å²) in [5.74, 6) is 1.50. The third-order valence-corrected chi connectivity index (χ3v) is 3.77. The summed E-state index contributed by atoms with van der Waals surface area (Å²) in [6, 6.07) is 11.8. The Bertz CT molecular complexity index is 631. The van der Waals surface area contributed by atoms with Crippen LogP contribution in [-0.2, 0) is 6.54 Å². The molecule has 2 aromatic rings. The first kappa shape index (κ1) is 15.2. The van der Waals surface area contributed by atoms with E-state index in [0.29, 0.717) is 19.8 Å². The second-order valence-electron chi connectivity index (χ2n) is 4.26. The minimum Gasteiger partial charge on any atom is -0.490 e. The van der Waals surface area contributed by atoms with Gasteiger partial charge in [-0.1, -0.05) is 0 Å². The first-order chi connectivity index (χ1) is 10.3. The molecule has 0 amide bonds. The Morgan fingerprint density at radius 3 is 2.52 bits per heavy atom. The van der Waals surface area contributed by atoms with E-state index in [9.17, 15) is 0 Å². The van der Waals surface area contributed by atoms with E-state index >= 15 is 0 Å². The molecule has 0 aliphatic heterocycles. The van der Waals surface area contributed by atoms with Gasteiger partial charge in [-0.05, 0) is 38.1 Å². The average molecular weight is 302 g/mol. The highest BCUT2D eigenvalue weighted by molar-refractivity contribution is 7.12. The summed E-state index contributed by atoms with van der Waals surface area (Å²) < 4.78 is 11.1. The molecular formula is C16H18N2O2S. The fourth-order valence-corrected chi connectivity index (χ4v) is 2.63. The smallest absolute Gasteiger partial charge is 0.163 e. The Labute approximate surface area is 128 Å². The molecule has 0 bridgehead atoms. The molecule has 0 radical (unpaired) electrons. The van der Waals surface area contributed by atoms with Crippen molar-refractivity contribution in [3.8, 4) is 17.6 Å². The molecule has 1 N–H and O–H groups in total. The second kappa shape index (κ2) is 7.55. The van der Waals surface area contributed by atoms with Crippen molar-refractivity contribution in [2.75, 3.05) is 18.5 Å². The maximum Gasteiger partial charge on any atom is 0.163 e. The second-order valence-corrected chi connectivity index (χ2v) is 5.43. The molecule has 0 aliphatic rings. The SMILES string of the molecule is CCOc1ccc(NCc2ccc(C#N)s2)cc1OCC. The molecule has 1 heterocycles. The first-order valence-corrected chi connectivity index (χ1v) is 7.70. The van der Waals surface area contributed by atoms with Crippen LogP contribution < -0.4 is 14.8 Å². The molecule has 0 unspecified atom stereocenters. The number of ether oxygens (including phenoxy) is 2. The third-order valence-electron chi connectivity index (χ3n) is 2.78. The average Bonchev–Trinajstić information content (AvgIpc) is 2.96. The lowest BCUT2D eigenvalue weighted by Gasteiger charge is -2.13. The van der Waals surface area contributed by atoms with Crippen molar-refractivity contribution in [3.63, 3.8) is 0 Å². The standard InChI is InChI=1S/C16H18N2O2S/c1-3-19-15-8-5-12(9-16(15)20-4-2)18-11-14-7-6-13(10-17)21-14/h5-9,18H,3-4,11H2,1-2H3. The lowest BCUT2D eigenvalue weighted by Crippen LogP contribution is -2.01. The lowest BCUT2D eigenvalue weighted by atomic mass is 10.2. The van der Waals surface area contributed by atoms with Crippen LogP contribution in [0.2, 0.25) is 0 Å². The zero-order chi connectivity index (χ0) is 15.1. The third kappa shape index (κ3) is 4.14. The number of benzene rings is 1. The summed E-state index contributed by atoms with van der Waals surface area (Å²) in [5.41, 5.74) is 0.966. The van der Waals surface area contributed by atoms with Gasteiger partial charge in [0.05, 0.1) is 13.2 Å². The molecule has 0 aliphatic carbocycles. The number of anilines is 1. The quantitative estimate of drug-likeness (QED) is 0.839. The van der Waals surface area contributed by atoms with Crippen molar-refractivity contribution in [2.45, 2.75) is 20.4 Å². The predicted molar refractivity (Wildman–Crippen MR) is 85.1 cm³/mol. The molecule has 5 heteroatoms. The molecule has 0 atom stereocenters. The fraction of sp³-hybridized carbons (Fsp3) is 0.312. The van der Waals surface area contributed by atoms with Crippen LogP contribution in [0.3, 0.4) is 0 Å². The van der Waals surface area contributed by atoms with Crippen LogP contribution in [0.25, 0.3) is 0 Å². The van der Waals surface area contributed by atoms with Gasteiger partial charge in [-0.15, -0.1) is 11.3 Å². The van der Waals surface area contributed by atoms with Gasteiger partial charge >= 0.3 is 0 Å². The number of thiophene rings is 1. The molecular weight excluding hydrogens is 284 g/mol. The normalized spacial score (nSPS) is 9.95. The summed E-state index contributed by atoms with van der Waals surface area (Å²) in [7, 11) is 0. The maximum atomic E-state index is 8.82. The van der Waals surface area contributed by atoms with E-state index in [0.717, 1.165) is 26.9 Å². The number of hydrogen-bond acceptors (Lipinski definition) is 5. The lowest BCUT2D eigenvalue weighted by molar-refractivity contribution is 0.288. The Kier molecular flexibility index (Phi) is 5.47. The van der Waals surface area contributed by atoms with Gasteiger partial charge in [0.25, 0.3) is 0 Å². The molecule has 0 saturated carbocycles. The van der Waals surface area contributed by atoms with Crippen LogP contribution in [0.15, 0.2) is 30.3 Å². The summed E-state index contributed by atoms with van der Waals surface area (Å²) in [6.07, 6.45) is 0. The fourth-order valence-electron chi connectivity index (χ4n) is 1.88. The Balaban J connectivity index is 2.05. The van der Waals surface area contributed by atoms with Crippen molar-refractivity contribution in [1.82, 2.24) is 0 Å². The van der Waals surface area contributed by atoms with E-state index in [2.05, 4.69) is 11.4 Å². The van der Waals surface area contributed by atoms with Crippen molar-refractivity contribution >= 4 is 17.0 Å². The van der Waals surface area contributed by atoms with Gasteiger partial charge in [0.2, 0.25) is 0 Å². The van der Waals surface area contributed by atoms with Gasteiger partial charge in [0.15, 0.2) is 11.5 Å². The van der Waals surface area contributed by atoms with Crippen molar-refractivity contribution in [1.29, 1.82) is 5.26 Å². The highest BCUT2D eigenvalue weighted by Gasteiger charge is 2.06. The summed E-state index contributed by atoms with van der Waals surface area (Å²) in [5, 5.41) is 12.2. The van der Waals surface area contributed by atoms with Gasteiger partial charge in [-0.2, -0.15) is 5.26 Å². The van der Waals surface area contributed by atoms with Crippen LogP contribution in [0.4, 0.5) is 5.69 Å². The number of rotatable bonds is 7. The van der Waals surface area contributed by atoms with Crippen LogP contribution in [-0.4, -0.2) is 13.2 Å². The van der Waals surface area contributed by atoms with Crippen LogP contribution in [0.1, 0.15) is 23.6 Å². The number of nitriles is 1. The van der Waals surface area contributed by atoms with Crippen LogP contribution in [0.5, 0.6) is 11.5 Å². The van der Waals surface area contributed by atoms with Crippen molar-refractivity contribution < 1.29 is 9.47 Å². The zero-order valence-electron chi connectivity index (χ0n) is 12.2. The predicted octanol–water partition coefficient (Wildman–Crippen LogP) is 4.03. The van der Waals surface area contributed by atoms with Gasteiger partial charge in [-0.25, -0.2) is 0 Å². The monoisotopic (exact) mass is 302 g/mol. The van der Waals surface area contributed by atoms with E-state index < -0.39 is 0 Å². The van der Waals surface area contributed by atoms with Crippen molar-refractivity contribution in [3.05, 3.63) is 40.1 Å².